The second-order valence-electron chi connectivity index (χ2n) is 3.96. The highest BCUT2D eigenvalue weighted by Crippen LogP contribution is 2.27. The largest absolute Gasteiger partial charge is 0.488 e. The molecule has 0 unspecified atom stereocenters. The lowest BCUT2D eigenvalue weighted by Crippen LogP contribution is -1.99. The first kappa shape index (κ1) is 13.6. The zero-order chi connectivity index (χ0) is 13.1. The summed E-state index contributed by atoms with van der Waals surface area (Å²) in [5.74, 6) is 0.440. The molecule has 2 aromatic rings. The molecule has 4 heteroatoms. The van der Waals surface area contributed by atoms with E-state index >= 15 is 0 Å². The van der Waals surface area contributed by atoms with Crippen molar-refractivity contribution >= 4 is 31.9 Å². The molecule has 0 spiro atoms. The quantitative estimate of drug-likeness (QED) is 0.714. The minimum absolute atomic E-state index is 0.209. The Morgan fingerprint density at radius 3 is 2.56 bits per heavy atom. The van der Waals surface area contributed by atoms with Gasteiger partial charge in [0, 0.05) is 10.0 Å². The van der Waals surface area contributed by atoms with Crippen molar-refractivity contribution in [3.05, 3.63) is 62.3 Å². The third kappa shape index (κ3) is 3.33. The number of halogens is 3. The Morgan fingerprint density at radius 2 is 1.89 bits per heavy atom. The van der Waals surface area contributed by atoms with Gasteiger partial charge in [0.15, 0.2) is 0 Å². The summed E-state index contributed by atoms with van der Waals surface area (Å²) in [6.45, 7) is 2.21. The molecule has 1 nitrogen and oxygen atoms in total. The molecule has 2 aromatic carbocycles. The van der Waals surface area contributed by atoms with Gasteiger partial charge in [0.1, 0.15) is 18.2 Å². The average Bonchev–Trinajstić information content (AvgIpc) is 2.30. The second kappa shape index (κ2) is 5.85. The first-order valence-electron chi connectivity index (χ1n) is 5.39. The average molecular weight is 374 g/mol. The SMILES string of the molecule is Cc1ccc(OCc2ccc(Br)cc2F)c(Br)c1. The van der Waals surface area contributed by atoms with E-state index in [0.29, 0.717) is 11.3 Å². The number of hydrogen-bond donors (Lipinski definition) is 0. The highest BCUT2D eigenvalue weighted by atomic mass is 79.9. The summed E-state index contributed by atoms with van der Waals surface area (Å²) in [6.07, 6.45) is 0. The molecule has 0 N–H and O–H groups in total. The Morgan fingerprint density at radius 1 is 1.11 bits per heavy atom. The molecule has 0 aliphatic rings. The molecule has 0 fully saturated rings. The predicted octanol–water partition coefficient (Wildman–Crippen LogP) is 5.24. The van der Waals surface area contributed by atoms with Gasteiger partial charge in [0.2, 0.25) is 0 Å². The molecule has 0 aliphatic heterocycles. The van der Waals surface area contributed by atoms with Gasteiger partial charge in [0.05, 0.1) is 4.47 Å². The van der Waals surface area contributed by atoms with E-state index in [4.69, 9.17) is 4.74 Å². The zero-order valence-corrected chi connectivity index (χ0v) is 12.9. The van der Waals surface area contributed by atoms with E-state index in [0.717, 1.165) is 14.5 Å². The molecule has 94 valence electrons. The lowest BCUT2D eigenvalue weighted by atomic mass is 10.2. The van der Waals surface area contributed by atoms with Crippen molar-refractivity contribution in [1.82, 2.24) is 0 Å². The number of aryl methyl sites for hydroxylation is 1. The summed E-state index contributed by atoms with van der Waals surface area (Å²) in [5.41, 5.74) is 1.68. The first-order valence-corrected chi connectivity index (χ1v) is 6.98. The molecule has 0 atom stereocenters. The maximum Gasteiger partial charge on any atom is 0.134 e. The molecule has 0 amide bonds. The van der Waals surface area contributed by atoms with E-state index < -0.39 is 0 Å². The van der Waals surface area contributed by atoms with Gasteiger partial charge in [-0.1, -0.05) is 28.1 Å². The van der Waals surface area contributed by atoms with Gasteiger partial charge in [-0.15, -0.1) is 0 Å². The number of hydrogen-bond acceptors (Lipinski definition) is 1. The molecule has 0 saturated carbocycles. The second-order valence-corrected chi connectivity index (χ2v) is 5.73. The summed E-state index contributed by atoms with van der Waals surface area (Å²) in [4.78, 5) is 0. The molecule has 0 saturated heterocycles. The van der Waals surface area contributed by atoms with Gasteiger partial charge >= 0.3 is 0 Å². The third-order valence-electron chi connectivity index (χ3n) is 2.49. The fourth-order valence-corrected chi connectivity index (χ4v) is 2.46. The highest BCUT2D eigenvalue weighted by molar-refractivity contribution is 9.10. The Kier molecular flexibility index (Phi) is 4.40. The van der Waals surface area contributed by atoms with Crippen LogP contribution in [0, 0.1) is 12.7 Å². The normalized spacial score (nSPS) is 10.4. The van der Waals surface area contributed by atoms with Crippen LogP contribution in [0.2, 0.25) is 0 Å². The molecule has 0 heterocycles. The smallest absolute Gasteiger partial charge is 0.134 e. The maximum absolute atomic E-state index is 13.6. The lowest BCUT2D eigenvalue weighted by molar-refractivity contribution is 0.298. The van der Waals surface area contributed by atoms with Gasteiger partial charge in [-0.05, 0) is 52.7 Å². The maximum atomic E-state index is 13.6. The molecule has 0 aliphatic carbocycles. The minimum Gasteiger partial charge on any atom is -0.488 e. The fraction of sp³-hybridized carbons (Fsp3) is 0.143. The van der Waals surface area contributed by atoms with Crippen LogP contribution in [0.15, 0.2) is 45.3 Å². The molecule has 2 rings (SSSR count). The Hall–Kier alpha value is -0.870. The molecule has 0 radical (unpaired) electrons. The number of benzene rings is 2. The summed E-state index contributed by atoms with van der Waals surface area (Å²) in [7, 11) is 0. The summed E-state index contributed by atoms with van der Waals surface area (Å²) in [5, 5.41) is 0. The van der Waals surface area contributed by atoms with Gasteiger partial charge in [-0.25, -0.2) is 4.39 Å². The zero-order valence-electron chi connectivity index (χ0n) is 9.71. The number of rotatable bonds is 3. The third-order valence-corrected chi connectivity index (χ3v) is 3.60. The summed E-state index contributed by atoms with van der Waals surface area (Å²) < 4.78 is 20.8. The van der Waals surface area contributed by atoms with E-state index in [2.05, 4.69) is 31.9 Å². The van der Waals surface area contributed by atoms with Gasteiger partial charge in [0.25, 0.3) is 0 Å². The standard InChI is InChI=1S/C14H11Br2FO/c1-9-2-5-14(12(16)6-9)18-8-10-3-4-11(15)7-13(10)17/h2-7H,8H2,1H3. The van der Waals surface area contributed by atoms with Crippen LogP contribution < -0.4 is 4.74 Å². The van der Waals surface area contributed by atoms with Crippen LogP contribution in [0.25, 0.3) is 0 Å². The van der Waals surface area contributed by atoms with Crippen LogP contribution in [0.1, 0.15) is 11.1 Å². The molecular weight excluding hydrogens is 363 g/mol. The van der Waals surface area contributed by atoms with Gasteiger partial charge in [-0.2, -0.15) is 0 Å². The van der Waals surface area contributed by atoms with E-state index in [-0.39, 0.29) is 12.4 Å². The first-order chi connectivity index (χ1) is 8.56. The van der Waals surface area contributed by atoms with Crippen LogP contribution >= 0.6 is 31.9 Å². The van der Waals surface area contributed by atoms with Crippen LogP contribution in [0.4, 0.5) is 4.39 Å². The monoisotopic (exact) mass is 372 g/mol. The minimum atomic E-state index is -0.271. The Labute approximate surface area is 122 Å². The summed E-state index contributed by atoms with van der Waals surface area (Å²) >= 11 is 6.65. The highest BCUT2D eigenvalue weighted by Gasteiger charge is 2.06. The van der Waals surface area contributed by atoms with Crippen LogP contribution in [0.3, 0.4) is 0 Å². The van der Waals surface area contributed by atoms with Crippen LogP contribution in [-0.4, -0.2) is 0 Å². The van der Waals surface area contributed by atoms with Crippen molar-refractivity contribution in [2.75, 3.05) is 0 Å². The van der Waals surface area contributed by atoms with E-state index in [1.54, 1.807) is 12.1 Å². The fourth-order valence-electron chi connectivity index (χ4n) is 1.52. The summed E-state index contributed by atoms with van der Waals surface area (Å²) in [6, 6.07) is 10.7. The molecule has 18 heavy (non-hydrogen) atoms. The Bertz CT molecular complexity index is 518. The molecule has 0 bridgehead atoms. The van der Waals surface area contributed by atoms with Crippen molar-refractivity contribution < 1.29 is 9.13 Å². The van der Waals surface area contributed by atoms with Gasteiger partial charge < -0.3 is 4.74 Å². The molecular formula is C14H11Br2FO. The van der Waals surface area contributed by atoms with Crippen molar-refractivity contribution in [2.45, 2.75) is 13.5 Å². The van der Waals surface area contributed by atoms with Crippen molar-refractivity contribution in [2.24, 2.45) is 0 Å². The molecule has 0 aromatic heterocycles. The van der Waals surface area contributed by atoms with E-state index in [1.807, 2.05) is 25.1 Å². The van der Waals surface area contributed by atoms with E-state index in [1.165, 1.54) is 6.07 Å². The topological polar surface area (TPSA) is 9.23 Å². The van der Waals surface area contributed by atoms with Crippen LogP contribution in [0.5, 0.6) is 5.75 Å². The van der Waals surface area contributed by atoms with Crippen LogP contribution in [-0.2, 0) is 6.61 Å². The Balaban J connectivity index is 2.11. The lowest BCUT2D eigenvalue weighted by Gasteiger charge is -2.09. The van der Waals surface area contributed by atoms with Gasteiger partial charge in [-0.3, -0.25) is 0 Å². The number of ether oxygens (including phenoxy) is 1. The van der Waals surface area contributed by atoms with Crippen molar-refractivity contribution in [3.63, 3.8) is 0 Å². The predicted molar refractivity (Wildman–Crippen MR) is 77.3 cm³/mol. The van der Waals surface area contributed by atoms with Crippen molar-refractivity contribution in [3.8, 4) is 5.75 Å². The van der Waals surface area contributed by atoms with E-state index in [9.17, 15) is 4.39 Å². The van der Waals surface area contributed by atoms with Crippen molar-refractivity contribution in [1.29, 1.82) is 0 Å².